The minimum Gasteiger partial charge on any atom is -0.463 e. The Bertz CT molecular complexity index is 1060. The zero-order valence-electron chi connectivity index (χ0n) is 47.5. The van der Waals surface area contributed by atoms with Crippen molar-refractivity contribution in [3.63, 3.8) is 0 Å². The van der Waals surface area contributed by atoms with Gasteiger partial charge in [-0.1, -0.05) is 27.7 Å². The highest BCUT2D eigenvalue weighted by Gasteiger charge is 2.08. The summed E-state index contributed by atoms with van der Waals surface area (Å²) in [5.74, 6) is -0.717. The maximum absolute atomic E-state index is 11.3. The molecule has 0 saturated heterocycles. The van der Waals surface area contributed by atoms with E-state index in [1.54, 1.807) is 27.7 Å². The molecule has 0 unspecified atom stereocenters. The minimum absolute atomic E-state index is 0.134. The fourth-order valence-corrected chi connectivity index (χ4v) is 5.24. The Morgan fingerprint density at radius 1 is 0.169 bits per heavy atom. The van der Waals surface area contributed by atoms with Crippen LogP contribution >= 0.6 is 0 Å². The molecule has 460 valence electrons. The van der Waals surface area contributed by atoms with E-state index < -0.39 is 0 Å². The van der Waals surface area contributed by atoms with Crippen LogP contribution in [0.5, 0.6) is 0 Å². The molecule has 0 N–H and O–H groups in total. The first-order valence-electron chi connectivity index (χ1n) is 27.4. The second-order valence-electron chi connectivity index (χ2n) is 16.5. The zero-order chi connectivity index (χ0) is 55.7. The van der Waals surface area contributed by atoms with E-state index in [2.05, 4.69) is 0 Å². The van der Waals surface area contributed by atoms with Crippen LogP contribution in [0.25, 0.3) is 0 Å². The molecule has 0 amide bonds. The third-order valence-corrected chi connectivity index (χ3v) is 9.33. The summed E-state index contributed by atoms with van der Waals surface area (Å²) in [7, 11) is 0. The summed E-state index contributed by atoms with van der Waals surface area (Å²) < 4.78 is 125. The van der Waals surface area contributed by atoms with Crippen LogP contribution in [0.3, 0.4) is 0 Å². The zero-order valence-corrected chi connectivity index (χ0v) is 47.5. The number of carbonyl (C=O) groups is 2. The quantitative estimate of drug-likeness (QED) is 0.0622. The van der Waals surface area contributed by atoms with E-state index in [9.17, 15) is 9.59 Å². The summed E-state index contributed by atoms with van der Waals surface area (Å²) in [6, 6.07) is 0. The lowest BCUT2D eigenvalue weighted by molar-refractivity contribution is -0.149. The van der Waals surface area contributed by atoms with Crippen LogP contribution in [-0.4, -0.2) is 303 Å². The van der Waals surface area contributed by atoms with Crippen molar-refractivity contribution in [1.82, 2.24) is 0 Å². The smallest absolute Gasteiger partial charge is 0.308 e. The molecule has 0 spiro atoms. The Morgan fingerprint density at radius 3 is 0.325 bits per heavy atom. The van der Waals surface area contributed by atoms with Gasteiger partial charge >= 0.3 is 11.9 Å². The van der Waals surface area contributed by atoms with E-state index in [0.717, 1.165) is 0 Å². The average Bonchev–Trinajstić information content (AvgIpc) is 3.42. The van der Waals surface area contributed by atoms with E-state index in [-0.39, 0.29) is 37.0 Å². The molecule has 0 aliphatic rings. The number of ether oxygens (including phenoxy) is 23. The largest absolute Gasteiger partial charge is 0.463 e. The number of rotatable bonds is 68. The highest BCUT2D eigenvalue weighted by Crippen LogP contribution is 1.97. The Morgan fingerprint density at radius 2 is 0.247 bits per heavy atom. The van der Waals surface area contributed by atoms with Crippen molar-refractivity contribution in [2.24, 2.45) is 11.8 Å². The summed E-state index contributed by atoms with van der Waals surface area (Å²) in [6.45, 7) is 27.4. The van der Waals surface area contributed by atoms with Crippen molar-refractivity contribution in [3.8, 4) is 0 Å². The summed E-state index contributed by atoms with van der Waals surface area (Å²) in [6.07, 6.45) is 0. The molecule has 0 aromatic heterocycles. The first-order chi connectivity index (χ1) is 37.9. The summed E-state index contributed by atoms with van der Waals surface area (Å²) >= 11 is 0. The van der Waals surface area contributed by atoms with Gasteiger partial charge in [0.05, 0.1) is 289 Å². The van der Waals surface area contributed by atoms with E-state index >= 15 is 0 Å². The first-order valence-corrected chi connectivity index (χ1v) is 27.4. The molecule has 0 aromatic carbocycles. The van der Waals surface area contributed by atoms with E-state index in [1.807, 2.05) is 0 Å². The topological polar surface area (TPSA) is 246 Å². The molecular formula is C52H102O25. The van der Waals surface area contributed by atoms with Crippen molar-refractivity contribution in [2.45, 2.75) is 27.7 Å². The van der Waals surface area contributed by atoms with Crippen LogP contribution in [0, 0.1) is 11.8 Å². The number of carbonyl (C=O) groups excluding carboxylic acids is 2. The average molecular weight is 1130 g/mol. The molecule has 25 heteroatoms. The Hall–Kier alpha value is -1.90. The molecule has 0 fully saturated rings. The molecule has 0 saturated carbocycles. The Kier molecular flexibility index (Phi) is 65.0. The summed E-state index contributed by atoms with van der Waals surface area (Å²) in [5.41, 5.74) is 0. The number of hydrogen-bond donors (Lipinski definition) is 0. The fraction of sp³-hybridized carbons (Fsp3) is 0.962. The van der Waals surface area contributed by atoms with E-state index in [0.29, 0.717) is 277 Å². The van der Waals surface area contributed by atoms with Crippen molar-refractivity contribution in [3.05, 3.63) is 0 Å². The van der Waals surface area contributed by atoms with E-state index in [1.165, 1.54) is 0 Å². The molecule has 0 aliphatic carbocycles. The Balaban J connectivity index is 3.10. The molecular weight excluding hydrogens is 1020 g/mol. The fourth-order valence-electron chi connectivity index (χ4n) is 5.24. The van der Waals surface area contributed by atoms with Gasteiger partial charge in [-0.2, -0.15) is 0 Å². The van der Waals surface area contributed by atoms with Gasteiger partial charge in [0.15, 0.2) is 0 Å². The van der Waals surface area contributed by atoms with Gasteiger partial charge in [0.1, 0.15) is 13.2 Å². The molecule has 0 aliphatic heterocycles. The van der Waals surface area contributed by atoms with Gasteiger partial charge in [0.2, 0.25) is 0 Å². The predicted molar refractivity (Wildman–Crippen MR) is 279 cm³/mol. The minimum atomic E-state index is -0.225. The number of esters is 2. The van der Waals surface area contributed by atoms with Crippen LogP contribution in [0.1, 0.15) is 27.7 Å². The van der Waals surface area contributed by atoms with Crippen LogP contribution in [0.15, 0.2) is 0 Å². The molecule has 0 heterocycles. The van der Waals surface area contributed by atoms with Crippen LogP contribution < -0.4 is 0 Å². The lowest BCUT2D eigenvalue weighted by Gasteiger charge is -2.09. The molecule has 77 heavy (non-hydrogen) atoms. The molecule has 0 rings (SSSR count). The maximum atomic E-state index is 11.3. The molecule has 0 bridgehead atoms. The SMILES string of the molecule is CC(C)C(=O)OCCOCCOCCOCCOCCOCCOCCOCCOCCOCCOCCOCCOCCOCCOCCOCCOCCOCCOCCOCCOCCOCCOC(=O)C(C)C. The summed E-state index contributed by atoms with van der Waals surface area (Å²) in [4.78, 5) is 22.7. The monoisotopic (exact) mass is 1130 g/mol. The third-order valence-electron chi connectivity index (χ3n) is 9.33. The second-order valence-corrected chi connectivity index (χ2v) is 16.5. The third kappa shape index (κ3) is 66.5. The highest BCUT2D eigenvalue weighted by molar-refractivity contribution is 5.71. The van der Waals surface area contributed by atoms with Crippen LogP contribution in [-0.2, 0) is 119 Å². The van der Waals surface area contributed by atoms with Gasteiger partial charge in [-0.3, -0.25) is 9.59 Å². The van der Waals surface area contributed by atoms with Gasteiger partial charge in [0, 0.05) is 0 Å². The van der Waals surface area contributed by atoms with Gasteiger partial charge in [-0.25, -0.2) is 0 Å². The Labute approximate surface area is 459 Å². The van der Waals surface area contributed by atoms with Crippen molar-refractivity contribution < 1.29 is 119 Å². The normalized spacial score (nSPS) is 11.7. The summed E-state index contributed by atoms with van der Waals surface area (Å²) in [5, 5.41) is 0. The molecule has 0 atom stereocenters. The predicted octanol–water partition coefficient (Wildman–Crippen LogP) is 1.73. The van der Waals surface area contributed by atoms with E-state index in [4.69, 9.17) is 109 Å². The first kappa shape index (κ1) is 75.1. The van der Waals surface area contributed by atoms with Crippen molar-refractivity contribution in [2.75, 3.05) is 291 Å². The lowest BCUT2D eigenvalue weighted by Crippen LogP contribution is -2.17. The van der Waals surface area contributed by atoms with Gasteiger partial charge < -0.3 is 109 Å². The van der Waals surface area contributed by atoms with Crippen LogP contribution in [0.4, 0.5) is 0 Å². The number of hydrogen-bond acceptors (Lipinski definition) is 25. The van der Waals surface area contributed by atoms with Crippen molar-refractivity contribution >= 4 is 11.9 Å². The lowest BCUT2D eigenvalue weighted by atomic mass is 10.2. The van der Waals surface area contributed by atoms with Gasteiger partial charge in [0.25, 0.3) is 0 Å². The van der Waals surface area contributed by atoms with Gasteiger partial charge in [-0.05, 0) is 0 Å². The maximum Gasteiger partial charge on any atom is 0.308 e. The van der Waals surface area contributed by atoms with Gasteiger partial charge in [-0.15, -0.1) is 0 Å². The highest BCUT2D eigenvalue weighted by atomic mass is 16.6. The molecule has 0 radical (unpaired) electrons. The van der Waals surface area contributed by atoms with Crippen molar-refractivity contribution in [1.29, 1.82) is 0 Å². The van der Waals surface area contributed by atoms with Crippen LogP contribution in [0.2, 0.25) is 0 Å². The standard InChI is InChI=1S/C52H102O25/c1-49(2)51(53)76-47-45-74-43-41-72-39-37-70-35-33-68-31-29-66-27-25-64-23-21-62-19-17-60-15-13-58-11-9-56-7-5-55-6-8-57-10-12-59-14-16-61-18-20-63-22-24-65-26-28-67-30-32-69-34-36-71-38-40-73-42-44-75-46-48-77-52(54)50(3)4/h49-50H,5-48H2,1-4H3. The second kappa shape index (κ2) is 66.6. The molecule has 0 aromatic rings. The molecule has 25 nitrogen and oxygen atoms in total.